The number of aromatic nitrogens is 1. The monoisotopic (exact) mass is 527 g/mol. The summed E-state index contributed by atoms with van der Waals surface area (Å²) in [5.41, 5.74) is 3.86. The average molecular weight is 528 g/mol. The smallest absolute Gasteiger partial charge is 0.191 e. The maximum Gasteiger partial charge on any atom is 0.191 e. The topological polar surface area (TPSA) is 52.6 Å². The van der Waals surface area contributed by atoms with Gasteiger partial charge in [-0.05, 0) is 56.8 Å². The van der Waals surface area contributed by atoms with E-state index in [2.05, 4.69) is 70.5 Å². The summed E-state index contributed by atoms with van der Waals surface area (Å²) in [7, 11) is 1.81. The Balaban J connectivity index is 0.00000300. The zero-order valence-corrected chi connectivity index (χ0v) is 21.1. The van der Waals surface area contributed by atoms with Gasteiger partial charge in [0, 0.05) is 25.0 Å². The maximum absolute atomic E-state index is 4.59. The van der Waals surface area contributed by atoms with E-state index in [9.17, 15) is 0 Å². The van der Waals surface area contributed by atoms with Gasteiger partial charge in [0.05, 0.1) is 12.2 Å². The van der Waals surface area contributed by atoms with Gasteiger partial charge in [-0.3, -0.25) is 9.89 Å². The summed E-state index contributed by atoms with van der Waals surface area (Å²) < 4.78 is 0. The second-order valence-corrected chi connectivity index (χ2v) is 9.04. The largest absolute Gasteiger partial charge is 0.352 e. The zero-order chi connectivity index (χ0) is 19.9. The molecule has 0 saturated carbocycles. The Hall–Kier alpha value is -1.19. The second-order valence-electron chi connectivity index (χ2n) is 7.76. The van der Waals surface area contributed by atoms with Gasteiger partial charge in [0.2, 0.25) is 0 Å². The van der Waals surface area contributed by atoms with E-state index in [0.29, 0.717) is 6.54 Å². The molecule has 1 aliphatic heterocycles. The van der Waals surface area contributed by atoms with Crippen LogP contribution in [0.1, 0.15) is 46.5 Å². The highest BCUT2D eigenvalue weighted by molar-refractivity contribution is 14.0. The predicted molar refractivity (Wildman–Crippen MR) is 134 cm³/mol. The van der Waals surface area contributed by atoms with Crippen molar-refractivity contribution in [3.05, 3.63) is 51.0 Å². The lowest BCUT2D eigenvalue weighted by molar-refractivity contribution is 0.185. The number of aryl methyl sites for hydroxylation is 2. The van der Waals surface area contributed by atoms with Gasteiger partial charge in [-0.15, -0.1) is 35.3 Å². The molecule has 160 valence electrons. The number of aliphatic imine (C=N–C) groups is 1. The highest BCUT2D eigenvalue weighted by atomic mass is 127. The molecular formula is C22H34IN5S. The highest BCUT2D eigenvalue weighted by Gasteiger charge is 2.16. The molecule has 3 rings (SSSR count). The molecule has 0 radical (unpaired) electrons. The number of thiazole rings is 1. The molecule has 2 aromatic rings. The quantitative estimate of drug-likeness (QED) is 0.331. The molecule has 2 heterocycles. The first-order valence-corrected chi connectivity index (χ1v) is 11.0. The minimum atomic E-state index is 0. The van der Waals surface area contributed by atoms with E-state index < -0.39 is 0 Å². The van der Waals surface area contributed by atoms with Crippen molar-refractivity contribution in [2.75, 3.05) is 20.1 Å². The van der Waals surface area contributed by atoms with Crippen LogP contribution in [-0.4, -0.2) is 36.0 Å². The van der Waals surface area contributed by atoms with Crippen LogP contribution in [0.3, 0.4) is 0 Å². The molecule has 1 aromatic heterocycles. The minimum Gasteiger partial charge on any atom is -0.352 e. The molecule has 0 aliphatic carbocycles. The SMILES string of the molecule is CN=C(NCc1nc(C)c(C)s1)NCc1ccccc1CN1CCC(C)CC1.I. The Labute approximate surface area is 196 Å². The molecule has 1 fully saturated rings. The summed E-state index contributed by atoms with van der Waals surface area (Å²) in [6.07, 6.45) is 2.62. The van der Waals surface area contributed by atoms with E-state index in [1.54, 1.807) is 11.3 Å². The van der Waals surface area contributed by atoms with E-state index >= 15 is 0 Å². The summed E-state index contributed by atoms with van der Waals surface area (Å²) in [5, 5.41) is 7.93. The number of hydrogen-bond donors (Lipinski definition) is 2. The third-order valence-corrected chi connectivity index (χ3v) is 6.61. The molecule has 2 N–H and O–H groups in total. The van der Waals surface area contributed by atoms with E-state index in [-0.39, 0.29) is 24.0 Å². The Morgan fingerprint density at radius 1 is 1.14 bits per heavy atom. The van der Waals surface area contributed by atoms with Crippen molar-refractivity contribution >= 4 is 41.3 Å². The lowest BCUT2D eigenvalue weighted by atomic mass is 9.98. The first-order valence-electron chi connectivity index (χ1n) is 10.2. The lowest BCUT2D eigenvalue weighted by Gasteiger charge is -2.30. The van der Waals surface area contributed by atoms with Crippen LogP contribution < -0.4 is 10.6 Å². The van der Waals surface area contributed by atoms with E-state index in [1.807, 2.05) is 7.05 Å². The van der Waals surface area contributed by atoms with Crippen molar-refractivity contribution in [1.29, 1.82) is 0 Å². The number of benzene rings is 1. The first-order chi connectivity index (χ1) is 13.5. The van der Waals surface area contributed by atoms with Gasteiger partial charge < -0.3 is 10.6 Å². The molecule has 0 bridgehead atoms. The number of piperidine rings is 1. The van der Waals surface area contributed by atoms with Crippen molar-refractivity contribution in [3.8, 4) is 0 Å². The van der Waals surface area contributed by atoms with Crippen LogP contribution in [0.25, 0.3) is 0 Å². The molecule has 1 aromatic carbocycles. The molecule has 7 heteroatoms. The van der Waals surface area contributed by atoms with Gasteiger partial charge >= 0.3 is 0 Å². The first kappa shape index (κ1) is 24.1. The summed E-state index contributed by atoms with van der Waals surface area (Å²) >= 11 is 1.74. The van der Waals surface area contributed by atoms with E-state index in [0.717, 1.165) is 35.7 Å². The third kappa shape index (κ3) is 7.22. The van der Waals surface area contributed by atoms with Crippen molar-refractivity contribution in [1.82, 2.24) is 20.5 Å². The van der Waals surface area contributed by atoms with Crippen molar-refractivity contribution in [2.24, 2.45) is 10.9 Å². The van der Waals surface area contributed by atoms with Crippen LogP contribution in [-0.2, 0) is 19.6 Å². The van der Waals surface area contributed by atoms with Crippen LogP contribution in [0.15, 0.2) is 29.3 Å². The van der Waals surface area contributed by atoms with Crippen LogP contribution in [0, 0.1) is 19.8 Å². The van der Waals surface area contributed by atoms with Gasteiger partial charge in [-0.25, -0.2) is 4.98 Å². The normalized spacial score (nSPS) is 15.8. The van der Waals surface area contributed by atoms with E-state index in [4.69, 9.17) is 0 Å². The molecule has 0 spiro atoms. The second kappa shape index (κ2) is 11.9. The summed E-state index contributed by atoms with van der Waals surface area (Å²) in [4.78, 5) is 12.8. The van der Waals surface area contributed by atoms with E-state index in [1.165, 1.54) is 41.9 Å². The van der Waals surface area contributed by atoms with Crippen molar-refractivity contribution in [2.45, 2.75) is 53.2 Å². The van der Waals surface area contributed by atoms with Crippen LogP contribution in [0.5, 0.6) is 0 Å². The number of nitrogens with zero attached hydrogens (tertiary/aromatic N) is 3. The summed E-state index contributed by atoms with van der Waals surface area (Å²) in [6.45, 7) is 11.5. The van der Waals surface area contributed by atoms with Crippen LogP contribution in [0.4, 0.5) is 0 Å². The molecular weight excluding hydrogens is 493 g/mol. The van der Waals surface area contributed by atoms with Crippen molar-refractivity contribution < 1.29 is 0 Å². The Kier molecular flexibility index (Phi) is 9.85. The highest BCUT2D eigenvalue weighted by Crippen LogP contribution is 2.20. The molecule has 5 nitrogen and oxygen atoms in total. The predicted octanol–water partition coefficient (Wildman–Crippen LogP) is 4.48. The van der Waals surface area contributed by atoms with Crippen LogP contribution in [0.2, 0.25) is 0 Å². The fourth-order valence-corrected chi connectivity index (χ4v) is 4.39. The molecule has 0 atom stereocenters. The van der Waals surface area contributed by atoms with Gasteiger partial charge in [-0.1, -0.05) is 31.2 Å². The zero-order valence-electron chi connectivity index (χ0n) is 18.0. The standard InChI is InChI=1S/C22H33N5S.HI/c1-16-9-11-27(12-10-16)15-20-8-6-5-7-19(20)13-24-22(23-4)25-14-21-26-17(2)18(3)28-21;/h5-8,16H,9-15H2,1-4H3,(H2,23,24,25);1H. The van der Waals surface area contributed by atoms with Gasteiger partial charge in [0.1, 0.15) is 5.01 Å². The Morgan fingerprint density at radius 2 is 1.79 bits per heavy atom. The molecule has 0 unspecified atom stereocenters. The average Bonchev–Trinajstić information content (AvgIpc) is 3.02. The van der Waals surface area contributed by atoms with Gasteiger partial charge in [-0.2, -0.15) is 0 Å². The molecule has 0 amide bonds. The maximum atomic E-state index is 4.59. The van der Waals surface area contributed by atoms with Gasteiger partial charge in [0.15, 0.2) is 5.96 Å². The number of rotatable bonds is 6. The third-order valence-electron chi connectivity index (χ3n) is 5.54. The minimum absolute atomic E-state index is 0. The molecule has 1 aliphatic rings. The molecule has 29 heavy (non-hydrogen) atoms. The van der Waals surface area contributed by atoms with Gasteiger partial charge in [0.25, 0.3) is 0 Å². The number of halogens is 1. The number of likely N-dealkylation sites (tertiary alicyclic amines) is 1. The summed E-state index contributed by atoms with van der Waals surface area (Å²) in [5.74, 6) is 1.68. The summed E-state index contributed by atoms with van der Waals surface area (Å²) in [6, 6.07) is 8.74. The fraction of sp³-hybridized carbons (Fsp3) is 0.545. The molecule has 1 saturated heterocycles. The van der Waals surface area contributed by atoms with Crippen LogP contribution >= 0.6 is 35.3 Å². The number of guanidine groups is 1. The number of hydrogen-bond acceptors (Lipinski definition) is 4. The Morgan fingerprint density at radius 3 is 2.41 bits per heavy atom. The Bertz CT molecular complexity index is 777. The fourth-order valence-electron chi connectivity index (χ4n) is 3.52. The van der Waals surface area contributed by atoms with Crippen molar-refractivity contribution in [3.63, 3.8) is 0 Å². The number of nitrogens with one attached hydrogen (secondary N) is 2. The lowest BCUT2D eigenvalue weighted by Crippen LogP contribution is -2.37.